The number of hydrogen-bond acceptors (Lipinski definition) is 10. The Bertz CT molecular complexity index is 825. The molecule has 1 rings (SSSR count). The first-order valence-electron chi connectivity index (χ1n) is 21.6. The van der Waals surface area contributed by atoms with Crippen LogP contribution < -0.4 is 0 Å². The molecule has 1 aliphatic heterocycles. The van der Waals surface area contributed by atoms with E-state index >= 15 is 0 Å². The minimum absolute atomic E-state index is 0.212. The van der Waals surface area contributed by atoms with E-state index in [1.807, 2.05) is 0 Å². The first-order valence-corrected chi connectivity index (χ1v) is 21.6. The lowest BCUT2D eigenvalue weighted by atomic mass is 9.99. The zero-order valence-corrected chi connectivity index (χ0v) is 33.3. The number of rotatable bonds is 36. The second kappa shape index (κ2) is 34.2. The Morgan fingerprint density at radius 3 is 1.31 bits per heavy atom. The van der Waals surface area contributed by atoms with Crippen LogP contribution in [0.25, 0.3) is 0 Å². The maximum atomic E-state index is 12.7. The molecule has 4 N–H and O–H groups in total. The normalized spacial score (nSPS) is 20.9. The first-order chi connectivity index (χ1) is 25.3. The van der Waals surface area contributed by atoms with Gasteiger partial charge in [-0.2, -0.15) is 0 Å². The topological polar surface area (TPSA) is 152 Å². The van der Waals surface area contributed by atoms with E-state index < -0.39 is 49.4 Å². The minimum Gasteiger partial charge on any atom is -0.462 e. The van der Waals surface area contributed by atoms with E-state index in [2.05, 4.69) is 13.8 Å². The Kier molecular flexibility index (Phi) is 32.1. The van der Waals surface area contributed by atoms with Gasteiger partial charge in [0, 0.05) is 12.8 Å². The molecule has 1 fully saturated rings. The molecule has 0 aromatic rings. The molecule has 10 heteroatoms. The van der Waals surface area contributed by atoms with Crippen molar-refractivity contribution in [2.24, 2.45) is 0 Å². The average Bonchev–Trinajstić information content (AvgIpc) is 3.14. The number of esters is 2. The third kappa shape index (κ3) is 25.7. The van der Waals surface area contributed by atoms with Crippen LogP contribution in [0.2, 0.25) is 0 Å². The molecule has 1 heterocycles. The largest absolute Gasteiger partial charge is 0.462 e. The third-order valence-electron chi connectivity index (χ3n) is 10.2. The fraction of sp³-hybridized carbons (Fsp3) is 0.952. The summed E-state index contributed by atoms with van der Waals surface area (Å²) in [4.78, 5) is 25.0. The molecule has 10 nitrogen and oxygen atoms in total. The average molecular weight is 745 g/mol. The van der Waals surface area contributed by atoms with Gasteiger partial charge in [0.05, 0.1) is 13.2 Å². The molecule has 6 unspecified atom stereocenters. The van der Waals surface area contributed by atoms with E-state index in [1.54, 1.807) is 0 Å². The molecular weight excluding hydrogens is 664 g/mol. The highest BCUT2D eigenvalue weighted by atomic mass is 16.7. The monoisotopic (exact) mass is 745 g/mol. The summed E-state index contributed by atoms with van der Waals surface area (Å²) in [5, 5.41) is 39.8. The third-order valence-corrected chi connectivity index (χ3v) is 10.2. The molecule has 0 aliphatic carbocycles. The van der Waals surface area contributed by atoms with Crippen LogP contribution in [-0.2, 0) is 28.5 Å². The number of hydrogen-bond donors (Lipinski definition) is 4. The van der Waals surface area contributed by atoms with Crippen LogP contribution in [0.1, 0.15) is 200 Å². The van der Waals surface area contributed by atoms with Gasteiger partial charge in [-0.1, -0.05) is 174 Å². The summed E-state index contributed by atoms with van der Waals surface area (Å²) in [5.74, 6) is -0.809. The van der Waals surface area contributed by atoms with Gasteiger partial charge in [0.2, 0.25) is 0 Å². The molecule has 0 bridgehead atoms. The van der Waals surface area contributed by atoms with Crippen LogP contribution in [0.4, 0.5) is 0 Å². The molecule has 1 saturated heterocycles. The smallest absolute Gasteiger partial charge is 0.306 e. The van der Waals surface area contributed by atoms with Crippen LogP contribution in [0.5, 0.6) is 0 Å². The highest BCUT2D eigenvalue weighted by Crippen LogP contribution is 2.23. The number of ether oxygens (including phenoxy) is 4. The van der Waals surface area contributed by atoms with Gasteiger partial charge in [-0.25, -0.2) is 0 Å². The lowest BCUT2D eigenvalue weighted by Gasteiger charge is -2.39. The lowest BCUT2D eigenvalue weighted by molar-refractivity contribution is -0.305. The van der Waals surface area contributed by atoms with E-state index in [-0.39, 0.29) is 32.0 Å². The standard InChI is InChI=1S/C42H80O10/c1-3-5-7-9-10-11-12-13-14-15-16-17-18-19-20-21-22-23-24-25-27-29-31-38(45)51-35(33-49-37(44)30-28-26-8-6-4-2)34-50-42-41(48)40(47)39(46)36(32-43)52-42/h35-36,39-43,46-48H,3-34H2,1-2H3. The molecule has 1 aliphatic rings. The number of carbonyl (C=O) groups is 2. The van der Waals surface area contributed by atoms with Crippen LogP contribution >= 0.6 is 0 Å². The van der Waals surface area contributed by atoms with Crippen molar-refractivity contribution in [2.45, 2.75) is 237 Å². The van der Waals surface area contributed by atoms with Crippen molar-refractivity contribution in [2.75, 3.05) is 19.8 Å². The van der Waals surface area contributed by atoms with E-state index in [0.29, 0.717) is 6.42 Å². The van der Waals surface area contributed by atoms with Gasteiger partial charge >= 0.3 is 11.9 Å². The van der Waals surface area contributed by atoms with Gasteiger partial charge < -0.3 is 39.4 Å². The Morgan fingerprint density at radius 1 is 0.519 bits per heavy atom. The molecule has 0 aromatic carbocycles. The molecule has 0 saturated carbocycles. The number of unbranched alkanes of at least 4 members (excludes halogenated alkanes) is 25. The first kappa shape index (κ1) is 48.7. The molecule has 0 radical (unpaired) electrons. The summed E-state index contributed by atoms with van der Waals surface area (Å²) in [6.45, 7) is 3.34. The summed E-state index contributed by atoms with van der Waals surface area (Å²) in [6, 6.07) is 0. The van der Waals surface area contributed by atoms with Gasteiger partial charge in [-0.3, -0.25) is 9.59 Å². The zero-order valence-electron chi connectivity index (χ0n) is 33.3. The summed E-state index contributed by atoms with van der Waals surface area (Å²) in [7, 11) is 0. The van der Waals surface area contributed by atoms with Crippen molar-refractivity contribution in [3.05, 3.63) is 0 Å². The Balaban J connectivity index is 2.18. The minimum atomic E-state index is -1.59. The van der Waals surface area contributed by atoms with Gasteiger partial charge in [0.1, 0.15) is 31.0 Å². The van der Waals surface area contributed by atoms with Gasteiger partial charge in [-0.15, -0.1) is 0 Å². The van der Waals surface area contributed by atoms with E-state index in [4.69, 9.17) is 18.9 Å². The molecule has 0 aromatic heterocycles. The van der Waals surface area contributed by atoms with Crippen LogP contribution in [0.15, 0.2) is 0 Å². The maximum Gasteiger partial charge on any atom is 0.306 e. The van der Waals surface area contributed by atoms with E-state index in [9.17, 15) is 30.0 Å². The van der Waals surface area contributed by atoms with Gasteiger partial charge in [0.25, 0.3) is 0 Å². The molecule has 6 atom stereocenters. The SMILES string of the molecule is CCCCCCCCCCCCCCCCCCCCCCCCC(=O)OC(COC(=O)CCCCCCC)COC1OC(CO)C(O)C(O)C1O. The van der Waals surface area contributed by atoms with Crippen LogP contribution in [-0.4, -0.2) is 89.0 Å². The van der Waals surface area contributed by atoms with Crippen molar-refractivity contribution >= 4 is 11.9 Å². The second-order valence-corrected chi connectivity index (χ2v) is 15.2. The summed E-state index contributed by atoms with van der Waals surface area (Å²) in [5.41, 5.74) is 0. The second-order valence-electron chi connectivity index (χ2n) is 15.2. The van der Waals surface area contributed by atoms with E-state index in [0.717, 1.165) is 51.4 Å². The number of carbonyl (C=O) groups excluding carboxylic acids is 2. The molecule has 52 heavy (non-hydrogen) atoms. The van der Waals surface area contributed by atoms with Crippen molar-refractivity contribution in [1.29, 1.82) is 0 Å². The fourth-order valence-electron chi connectivity index (χ4n) is 6.78. The van der Waals surface area contributed by atoms with Crippen molar-refractivity contribution in [3.63, 3.8) is 0 Å². The van der Waals surface area contributed by atoms with Crippen molar-refractivity contribution < 1.29 is 49.0 Å². The zero-order chi connectivity index (χ0) is 38.1. The Labute approximate surface area is 317 Å². The van der Waals surface area contributed by atoms with Crippen molar-refractivity contribution in [1.82, 2.24) is 0 Å². The molecule has 0 amide bonds. The summed E-state index contributed by atoms with van der Waals surface area (Å²) >= 11 is 0. The Hall–Kier alpha value is -1.30. The van der Waals surface area contributed by atoms with Crippen molar-refractivity contribution in [3.8, 4) is 0 Å². The van der Waals surface area contributed by atoms with Crippen LogP contribution in [0, 0.1) is 0 Å². The summed E-state index contributed by atoms with van der Waals surface area (Å²) in [6.07, 6.45) is 26.0. The predicted octanol–water partition coefficient (Wildman–Crippen LogP) is 8.61. The lowest BCUT2D eigenvalue weighted by Crippen LogP contribution is -2.59. The molecule has 308 valence electrons. The van der Waals surface area contributed by atoms with Crippen LogP contribution in [0.3, 0.4) is 0 Å². The molecular formula is C42H80O10. The fourth-order valence-corrected chi connectivity index (χ4v) is 6.78. The maximum absolute atomic E-state index is 12.7. The predicted molar refractivity (Wildman–Crippen MR) is 206 cm³/mol. The highest BCUT2D eigenvalue weighted by molar-refractivity contribution is 5.70. The van der Waals surface area contributed by atoms with E-state index in [1.165, 1.54) is 116 Å². The highest BCUT2D eigenvalue weighted by Gasteiger charge is 2.44. The number of aliphatic hydroxyl groups excluding tert-OH is 4. The Morgan fingerprint density at radius 2 is 0.904 bits per heavy atom. The number of aliphatic hydroxyl groups is 4. The summed E-state index contributed by atoms with van der Waals surface area (Å²) < 4.78 is 22.0. The van der Waals surface area contributed by atoms with Gasteiger partial charge in [-0.05, 0) is 12.8 Å². The van der Waals surface area contributed by atoms with Gasteiger partial charge in [0.15, 0.2) is 12.4 Å². The molecule has 0 spiro atoms. The quantitative estimate of drug-likeness (QED) is 0.0363.